The van der Waals surface area contributed by atoms with Gasteiger partial charge in [0.15, 0.2) is 5.60 Å². The van der Waals surface area contributed by atoms with E-state index in [2.05, 4.69) is 15.5 Å². The molecule has 35 heavy (non-hydrogen) atoms. The number of hydrogen-bond acceptors (Lipinski definition) is 4. The predicted molar refractivity (Wildman–Crippen MR) is 113 cm³/mol. The highest BCUT2D eigenvalue weighted by molar-refractivity contribution is 6.30. The molecular weight excluding hydrogens is 498 g/mol. The SMILES string of the molecule is OC(Cn1cnnn1)(c1ccc(F)cc1F)C(F)(F)c1ccc(C(F)(F)c2ccc(Cl)cc2)cc1. The first-order valence-corrected chi connectivity index (χ1v) is 10.3. The third-order valence-electron chi connectivity index (χ3n) is 5.50. The van der Waals surface area contributed by atoms with Gasteiger partial charge >= 0.3 is 5.92 Å². The maximum absolute atomic E-state index is 15.8. The summed E-state index contributed by atoms with van der Waals surface area (Å²) in [6.45, 7) is -1.03. The van der Waals surface area contributed by atoms with Crippen molar-refractivity contribution < 1.29 is 31.4 Å². The van der Waals surface area contributed by atoms with Crippen molar-refractivity contribution >= 4 is 11.6 Å². The Balaban J connectivity index is 1.76. The third kappa shape index (κ3) is 4.48. The standard InChI is InChI=1S/C23H15ClF6N4O/c24-17-7-5-15(6-8-17)22(27,28)14-1-3-16(4-2-14)23(29,30)21(35,12-34-13-31-32-33-34)19-10-9-18(25)11-20(19)26/h1-11,13,35H,12H2. The Bertz CT molecular complexity index is 1320. The van der Waals surface area contributed by atoms with E-state index in [1.165, 1.54) is 12.1 Å². The van der Waals surface area contributed by atoms with Crippen LogP contribution in [0.2, 0.25) is 5.02 Å². The molecule has 12 heteroatoms. The predicted octanol–water partition coefficient (Wildman–Crippen LogP) is 5.42. The quantitative estimate of drug-likeness (QED) is 0.336. The molecule has 4 aromatic rings. The van der Waals surface area contributed by atoms with Gasteiger partial charge in [0.2, 0.25) is 0 Å². The van der Waals surface area contributed by atoms with Crippen LogP contribution in [0.1, 0.15) is 22.3 Å². The number of nitrogens with zero attached hydrogens (tertiary/aromatic N) is 4. The van der Waals surface area contributed by atoms with Crippen molar-refractivity contribution in [3.05, 3.63) is 112 Å². The maximum Gasteiger partial charge on any atom is 0.307 e. The summed E-state index contributed by atoms with van der Waals surface area (Å²) in [6.07, 6.45) is 0.915. The van der Waals surface area contributed by atoms with Crippen LogP contribution in [0, 0.1) is 11.6 Å². The van der Waals surface area contributed by atoms with E-state index in [0.29, 0.717) is 30.3 Å². The molecular formula is C23H15ClF6N4O. The van der Waals surface area contributed by atoms with E-state index < -0.39 is 57.9 Å². The first-order valence-electron chi connectivity index (χ1n) is 9.96. The zero-order valence-electron chi connectivity index (χ0n) is 17.5. The fourth-order valence-corrected chi connectivity index (χ4v) is 3.75. The summed E-state index contributed by atoms with van der Waals surface area (Å²) in [7, 11) is 0. The Morgan fingerprint density at radius 2 is 1.40 bits per heavy atom. The van der Waals surface area contributed by atoms with E-state index in [4.69, 9.17) is 11.6 Å². The molecule has 0 spiro atoms. The molecule has 0 saturated carbocycles. The lowest BCUT2D eigenvalue weighted by Crippen LogP contribution is -2.47. The normalized spacial score (nSPS) is 14.1. The van der Waals surface area contributed by atoms with E-state index in [-0.39, 0.29) is 5.02 Å². The van der Waals surface area contributed by atoms with Gasteiger partial charge in [-0.2, -0.15) is 17.6 Å². The molecule has 0 saturated heterocycles. The van der Waals surface area contributed by atoms with Crippen molar-refractivity contribution in [2.45, 2.75) is 24.0 Å². The molecule has 3 aromatic carbocycles. The molecule has 0 aliphatic rings. The molecule has 0 bridgehead atoms. The Morgan fingerprint density at radius 1 is 0.829 bits per heavy atom. The summed E-state index contributed by atoms with van der Waals surface area (Å²) in [5, 5.41) is 21.4. The Hall–Kier alpha value is -3.44. The van der Waals surface area contributed by atoms with Crippen molar-refractivity contribution in [3.8, 4) is 0 Å². The average molecular weight is 513 g/mol. The van der Waals surface area contributed by atoms with E-state index >= 15 is 8.78 Å². The molecule has 0 fully saturated rings. The second-order valence-electron chi connectivity index (χ2n) is 7.72. The van der Waals surface area contributed by atoms with Crippen LogP contribution in [0.5, 0.6) is 0 Å². The molecule has 182 valence electrons. The van der Waals surface area contributed by atoms with Gasteiger partial charge in [0.25, 0.3) is 5.92 Å². The number of aliphatic hydroxyl groups is 1. The number of tetrazole rings is 1. The first-order chi connectivity index (χ1) is 16.4. The molecule has 4 rings (SSSR count). The zero-order chi connectivity index (χ0) is 25.4. The second kappa shape index (κ2) is 8.97. The molecule has 1 atom stereocenters. The van der Waals surface area contributed by atoms with Crippen LogP contribution in [0.3, 0.4) is 0 Å². The largest absolute Gasteiger partial charge is 0.377 e. The summed E-state index contributed by atoms with van der Waals surface area (Å²) in [4.78, 5) is 0. The summed E-state index contributed by atoms with van der Waals surface area (Å²) in [6, 6.07) is 9.41. The Kier molecular flexibility index (Phi) is 6.32. The molecule has 0 aliphatic carbocycles. The van der Waals surface area contributed by atoms with Crippen LogP contribution < -0.4 is 0 Å². The highest BCUT2D eigenvalue weighted by Gasteiger charge is 2.57. The number of alkyl halides is 4. The zero-order valence-corrected chi connectivity index (χ0v) is 18.3. The lowest BCUT2D eigenvalue weighted by molar-refractivity contribution is -0.205. The highest BCUT2D eigenvalue weighted by Crippen LogP contribution is 2.48. The van der Waals surface area contributed by atoms with Gasteiger partial charge in [0.05, 0.1) is 6.54 Å². The highest BCUT2D eigenvalue weighted by atomic mass is 35.5. The minimum Gasteiger partial charge on any atom is -0.377 e. The summed E-state index contributed by atoms with van der Waals surface area (Å²) in [5.41, 5.74) is -6.16. The van der Waals surface area contributed by atoms with E-state index in [1.54, 1.807) is 0 Å². The van der Waals surface area contributed by atoms with Gasteiger partial charge < -0.3 is 5.11 Å². The molecule has 5 nitrogen and oxygen atoms in total. The average Bonchev–Trinajstić information content (AvgIpc) is 3.32. The number of benzene rings is 3. The molecule has 1 heterocycles. The van der Waals surface area contributed by atoms with Crippen molar-refractivity contribution in [2.75, 3.05) is 0 Å². The van der Waals surface area contributed by atoms with E-state index in [1.807, 2.05) is 0 Å². The molecule has 1 N–H and O–H groups in total. The molecule has 0 amide bonds. The van der Waals surface area contributed by atoms with Gasteiger partial charge in [-0.05, 0) is 34.7 Å². The Morgan fingerprint density at radius 3 is 1.94 bits per heavy atom. The van der Waals surface area contributed by atoms with Crippen LogP contribution in [-0.2, 0) is 24.0 Å². The summed E-state index contributed by atoms with van der Waals surface area (Å²) in [5.74, 6) is -10.3. The second-order valence-corrected chi connectivity index (χ2v) is 8.16. The topological polar surface area (TPSA) is 63.8 Å². The maximum atomic E-state index is 15.8. The fraction of sp³-hybridized carbons (Fsp3) is 0.174. The fourth-order valence-electron chi connectivity index (χ4n) is 3.62. The summed E-state index contributed by atoms with van der Waals surface area (Å²) < 4.78 is 90.0. The van der Waals surface area contributed by atoms with Crippen molar-refractivity contribution in [1.82, 2.24) is 20.2 Å². The monoisotopic (exact) mass is 512 g/mol. The summed E-state index contributed by atoms with van der Waals surface area (Å²) >= 11 is 5.73. The number of aromatic nitrogens is 4. The van der Waals surface area contributed by atoms with Gasteiger partial charge in [-0.1, -0.05) is 48.0 Å². The van der Waals surface area contributed by atoms with E-state index in [9.17, 15) is 22.7 Å². The van der Waals surface area contributed by atoms with Crippen LogP contribution in [0.4, 0.5) is 26.3 Å². The molecule has 1 unspecified atom stereocenters. The molecule has 0 aliphatic heterocycles. The molecule has 0 radical (unpaired) electrons. The van der Waals surface area contributed by atoms with Crippen molar-refractivity contribution in [3.63, 3.8) is 0 Å². The third-order valence-corrected chi connectivity index (χ3v) is 5.75. The lowest BCUT2D eigenvalue weighted by atomic mass is 9.82. The van der Waals surface area contributed by atoms with Crippen molar-refractivity contribution in [1.29, 1.82) is 0 Å². The lowest BCUT2D eigenvalue weighted by Gasteiger charge is -2.36. The van der Waals surface area contributed by atoms with Crippen molar-refractivity contribution in [2.24, 2.45) is 0 Å². The smallest absolute Gasteiger partial charge is 0.307 e. The van der Waals surface area contributed by atoms with Crippen LogP contribution in [0.15, 0.2) is 73.1 Å². The number of halogens is 7. The molecule has 1 aromatic heterocycles. The van der Waals surface area contributed by atoms with Crippen LogP contribution in [0.25, 0.3) is 0 Å². The van der Waals surface area contributed by atoms with Gasteiger partial charge in [-0.25, -0.2) is 13.5 Å². The van der Waals surface area contributed by atoms with Gasteiger partial charge in [-0.3, -0.25) is 0 Å². The van der Waals surface area contributed by atoms with Gasteiger partial charge in [0, 0.05) is 33.3 Å². The minimum absolute atomic E-state index is 0.245. The first kappa shape index (κ1) is 24.7. The van der Waals surface area contributed by atoms with Gasteiger partial charge in [0.1, 0.15) is 18.0 Å². The minimum atomic E-state index is -4.26. The van der Waals surface area contributed by atoms with Crippen LogP contribution >= 0.6 is 11.6 Å². The van der Waals surface area contributed by atoms with Gasteiger partial charge in [-0.15, -0.1) is 5.10 Å². The number of hydrogen-bond donors (Lipinski definition) is 1. The number of rotatable bonds is 7. The Labute approximate surface area is 199 Å². The van der Waals surface area contributed by atoms with Crippen LogP contribution in [-0.4, -0.2) is 25.3 Å². The van der Waals surface area contributed by atoms with E-state index in [0.717, 1.165) is 35.3 Å².